The minimum Gasteiger partial charge on any atom is -0.497 e. The summed E-state index contributed by atoms with van der Waals surface area (Å²) in [6.07, 6.45) is 1.87. The van der Waals surface area contributed by atoms with Crippen molar-refractivity contribution in [2.24, 2.45) is 0 Å². The Labute approximate surface area is 170 Å². The molecule has 4 aromatic rings. The van der Waals surface area contributed by atoms with Gasteiger partial charge in [-0.25, -0.2) is 4.68 Å². The Kier molecular flexibility index (Phi) is 4.92. The number of aromatic amines is 1. The summed E-state index contributed by atoms with van der Waals surface area (Å²) in [5, 5.41) is 8.46. The van der Waals surface area contributed by atoms with Crippen molar-refractivity contribution in [2.45, 2.75) is 13.5 Å². The zero-order valence-corrected chi connectivity index (χ0v) is 17.1. The molecule has 0 aliphatic heterocycles. The maximum absolute atomic E-state index is 12.5. The molecule has 2 aromatic heterocycles. The molecule has 28 heavy (non-hydrogen) atoms. The van der Waals surface area contributed by atoms with Crippen molar-refractivity contribution in [1.29, 1.82) is 0 Å². The summed E-state index contributed by atoms with van der Waals surface area (Å²) in [7, 11) is 1.64. The number of fused-ring (bicyclic) bond motifs is 1. The molecule has 2 N–H and O–H groups in total. The van der Waals surface area contributed by atoms with Gasteiger partial charge in [0.2, 0.25) is 0 Å². The molecule has 2 heterocycles. The number of nitrogens with one attached hydrogen (secondary N) is 2. The van der Waals surface area contributed by atoms with E-state index in [0.717, 1.165) is 38.1 Å². The van der Waals surface area contributed by atoms with Crippen molar-refractivity contribution in [3.05, 3.63) is 76.2 Å². The third-order valence-corrected chi connectivity index (χ3v) is 5.52. The van der Waals surface area contributed by atoms with E-state index in [1.807, 2.05) is 61.7 Å². The Morgan fingerprint density at radius 1 is 1.21 bits per heavy atom. The monoisotopic (exact) mass is 438 g/mol. The number of nitrogens with zero attached hydrogens (tertiary/aromatic N) is 2. The summed E-state index contributed by atoms with van der Waals surface area (Å²) in [6, 6.07) is 15.3. The van der Waals surface area contributed by atoms with Gasteiger partial charge in [-0.05, 0) is 61.0 Å². The summed E-state index contributed by atoms with van der Waals surface area (Å²) in [6.45, 7) is 2.37. The molecule has 0 unspecified atom stereocenters. The lowest BCUT2D eigenvalue weighted by molar-refractivity contribution is 0.0946. The van der Waals surface area contributed by atoms with Crippen LogP contribution in [0.4, 0.5) is 0 Å². The lowest BCUT2D eigenvalue weighted by Gasteiger charge is -2.04. The van der Waals surface area contributed by atoms with Gasteiger partial charge in [-0.15, -0.1) is 0 Å². The minimum atomic E-state index is -0.161. The Morgan fingerprint density at radius 3 is 2.75 bits per heavy atom. The van der Waals surface area contributed by atoms with E-state index >= 15 is 0 Å². The van der Waals surface area contributed by atoms with E-state index in [-0.39, 0.29) is 5.91 Å². The molecule has 1 amide bonds. The summed E-state index contributed by atoms with van der Waals surface area (Å²) < 4.78 is 7.96. The first-order valence-electron chi connectivity index (χ1n) is 8.80. The second kappa shape index (κ2) is 7.52. The van der Waals surface area contributed by atoms with Crippen molar-refractivity contribution in [3.8, 4) is 11.4 Å². The Hall–Kier alpha value is -3.06. The van der Waals surface area contributed by atoms with Crippen molar-refractivity contribution < 1.29 is 9.53 Å². The number of halogens is 1. The molecule has 7 heteroatoms. The number of H-pyrrole nitrogens is 1. The lowest BCUT2D eigenvalue weighted by Crippen LogP contribution is -2.23. The van der Waals surface area contributed by atoms with Crippen LogP contribution in [0.2, 0.25) is 0 Å². The van der Waals surface area contributed by atoms with E-state index in [1.165, 1.54) is 0 Å². The van der Waals surface area contributed by atoms with Gasteiger partial charge in [0, 0.05) is 21.6 Å². The maximum atomic E-state index is 12.5. The third kappa shape index (κ3) is 3.53. The van der Waals surface area contributed by atoms with Gasteiger partial charge in [-0.2, -0.15) is 5.10 Å². The average Bonchev–Trinajstić information content (AvgIpc) is 3.37. The van der Waals surface area contributed by atoms with Crippen molar-refractivity contribution >= 4 is 32.7 Å². The molecule has 0 aliphatic rings. The van der Waals surface area contributed by atoms with Crippen LogP contribution in [-0.4, -0.2) is 27.8 Å². The first-order valence-corrected chi connectivity index (χ1v) is 9.59. The molecular weight excluding hydrogens is 420 g/mol. The molecule has 0 radical (unpaired) electrons. The van der Waals surface area contributed by atoms with Crippen LogP contribution in [-0.2, 0) is 6.54 Å². The fourth-order valence-corrected chi connectivity index (χ4v) is 3.39. The van der Waals surface area contributed by atoms with Crippen molar-refractivity contribution in [1.82, 2.24) is 20.1 Å². The zero-order valence-electron chi connectivity index (χ0n) is 15.5. The van der Waals surface area contributed by atoms with Crippen molar-refractivity contribution in [3.63, 3.8) is 0 Å². The molecule has 0 saturated carbocycles. The Morgan fingerprint density at radius 2 is 2.00 bits per heavy atom. The van der Waals surface area contributed by atoms with Gasteiger partial charge in [-0.1, -0.05) is 15.9 Å². The number of hydrogen-bond acceptors (Lipinski definition) is 3. The molecule has 2 aromatic carbocycles. The van der Waals surface area contributed by atoms with Gasteiger partial charge >= 0.3 is 0 Å². The molecule has 0 fully saturated rings. The third-order valence-electron chi connectivity index (χ3n) is 4.66. The van der Waals surface area contributed by atoms with Gasteiger partial charge in [0.25, 0.3) is 5.91 Å². The molecule has 0 bridgehead atoms. The predicted octanol–water partition coefficient (Wildman–Crippen LogP) is 4.36. The largest absolute Gasteiger partial charge is 0.497 e. The van der Waals surface area contributed by atoms with E-state index in [4.69, 9.17) is 4.74 Å². The second-order valence-electron chi connectivity index (χ2n) is 6.45. The van der Waals surface area contributed by atoms with Crippen LogP contribution in [0.3, 0.4) is 0 Å². The molecule has 0 atom stereocenters. The number of methoxy groups -OCH3 is 1. The number of benzene rings is 2. The number of rotatable bonds is 5. The van der Waals surface area contributed by atoms with E-state index in [1.54, 1.807) is 11.8 Å². The summed E-state index contributed by atoms with van der Waals surface area (Å²) >= 11 is 3.52. The maximum Gasteiger partial charge on any atom is 0.268 e. The predicted molar refractivity (Wildman–Crippen MR) is 112 cm³/mol. The van der Waals surface area contributed by atoms with E-state index in [2.05, 4.69) is 31.3 Å². The van der Waals surface area contributed by atoms with Crippen molar-refractivity contribution in [2.75, 3.05) is 7.11 Å². The number of carbonyl (C=O) groups excluding carboxylic acids is 1. The smallest absolute Gasteiger partial charge is 0.268 e. The van der Waals surface area contributed by atoms with Crippen LogP contribution in [0.25, 0.3) is 16.6 Å². The normalized spacial score (nSPS) is 11.0. The topological polar surface area (TPSA) is 71.9 Å². The number of hydrogen-bond donors (Lipinski definition) is 2. The number of amides is 1. The average molecular weight is 439 g/mol. The summed E-state index contributed by atoms with van der Waals surface area (Å²) in [5.74, 6) is 0.634. The highest BCUT2D eigenvalue weighted by Crippen LogP contribution is 2.26. The van der Waals surface area contributed by atoms with Gasteiger partial charge < -0.3 is 15.0 Å². The van der Waals surface area contributed by atoms with Crippen LogP contribution >= 0.6 is 15.9 Å². The summed E-state index contributed by atoms with van der Waals surface area (Å²) in [4.78, 5) is 15.7. The fourth-order valence-electron chi connectivity index (χ4n) is 3.05. The Bertz CT molecular complexity index is 1150. The van der Waals surface area contributed by atoms with E-state index in [9.17, 15) is 4.79 Å². The van der Waals surface area contributed by atoms with Crippen LogP contribution in [0.5, 0.6) is 5.75 Å². The highest BCUT2D eigenvalue weighted by molar-refractivity contribution is 9.10. The van der Waals surface area contributed by atoms with Gasteiger partial charge in [0.1, 0.15) is 11.4 Å². The first kappa shape index (κ1) is 18.3. The number of ether oxygens (including phenoxy) is 1. The molecule has 0 aliphatic carbocycles. The van der Waals surface area contributed by atoms with Crippen LogP contribution < -0.4 is 10.1 Å². The van der Waals surface area contributed by atoms with E-state index < -0.39 is 0 Å². The standard InChI is InChI=1S/C21H19BrN4O2/c1-13-17-11-20(24-19(17)8-7-18(13)22)21(27)23-12-14-9-10-26(25-14)15-3-5-16(28-2)6-4-15/h3-11,24H,12H2,1-2H3,(H,23,27). The number of aryl methyl sites for hydroxylation is 1. The van der Waals surface area contributed by atoms with Gasteiger partial charge in [0.05, 0.1) is 25.0 Å². The lowest BCUT2D eigenvalue weighted by atomic mass is 10.1. The summed E-state index contributed by atoms with van der Waals surface area (Å²) in [5.41, 5.74) is 4.28. The van der Waals surface area contributed by atoms with Gasteiger partial charge in [0.15, 0.2) is 0 Å². The quantitative estimate of drug-likeness (QED) is 0.486. The molecule has 142 valence electrons. The molecule has 4 rings (SSSR count). The number of carbonyl (C=O) groups is 1. The molecular formula is C21H19BrN4O2. The molecule has 0 spiro atoms. The van der Waals surface area contributed by atoms with Crippen LogP contribution in [0, 0.1) is 6.92 Å². The highest BCUT2D eigenvalue weighted by Gasteiger charge is 2.12. The Balaban J connectivity index is 1.45. The zero-order chi connectivity index (χ0) is 19.7. The van der Waals surface area contributed by atoms with E-state index in [0.29, 0.717) is 12.2 Å². The van der Waals surface area contributed by atoms with Gasteiger partial charge in [-0.3, -0.25) is 4.79 Å². The molecule has 0 saturated heterocycles. The fraction of sp³-hybridized carbons (Fsp3) is 0.143. The highest BCUT2D eigenvalue weighted by atomic mass is 79.9. The SMILES string of the molecule is COc1ccc(-n2ccc(CNC(=O)c3cc4c(C)c(Br)ccc4[nH]3)n2)cc1. The first-order chi connectivity index (χ1) is 13.5. The second-order valence-corrected chi connectivity index (χ2v) is 7.30. The minimum absolute atomic E-state index is 0.161. The van der Waals surface area contributed by atoms with Crippen LogP contribution in [0.15, 0.2) is 59.2 Å². The number of aromatic nitrogens is 3. The van der Waals surface area contributed by atoms with Crippen LogP contribution in [0.1, 0.15) is 21.7 Å². The molecule has 6 nitrogen and oxygen atoms in total.